The van der Waals surface area contributed by atoms with Crippen LogP contribution in [0.5, 0.6) is 0 Å². The molecule has 2 fully saturated rings. The van der Waals surface area contributed by atoms with Crippen molar-refractivity contribution in [2.24, 2.45) is 11.8 Å². The second kappa shape index (κ2) is 6.47. The molecule has 2 aliphatic rings. The fraction of sp³-hybridized carbons (Fsp3) is 1.00. The molecular formula is C15H29NS. The van der Waals surface area contributed by atoms with Crippen molar-refractivity contribution in [3.8, 4) is 0 Å². The predicted octanol–water partition coefficient (Wildman–Crippen LogP) is 4.07. The molecule has 1 nitrogen and oxygen atoms in total. The average Bonchev–Trinajstić information content (AvgIpc) is 2.71. The lowest BCUT2D eigenvalue weighted by Gasteiger charge is -2.35. The lowest BCUT2D eigenvalue weighted by atomic mass is 9.79. The Morgan fingerprint density at radius 3 is 2.59 bits per heavy atom. The van der Waals surface area contributed by atoms with E-state index in [4.69, 9.17) is 0 Å². The normalized spacial score (nSPS) is 42.9. The molecule has 2 aliphatic carbocycles. The van der Waals surface area contributed by atoms with Crippen LogP contribution in [0.15, 0.2) is 0 Å². The van der Waals surface area contributed by atoms with Crippen molar-refractivity contribution in [3.05, 3.63) is 0 Å². The van der Waals surface area contributed by atoms with Gasteiger partial charge in [-0.1, -0.05) is 20.8 Å². The molecule has 5 atom stereocenters. The summed E-state index contributed by atoms with van der Waals surface area (Å²) in [6.07, 6.45) is 8.53. The molecule has 0 saturated heterocycles. The summed E-state index contributed by atoms with van der Waals surface area (Å²) >= 11 is 2.17. The smallest absolute Gasteiger partial charge is 0.00954 e. The van der Waals surface area contributed by atoms with E-state index >= 15 is 0 Å². The summed E-state index contributed by atoms with van der Waals surface area (Å²) in [4.78, 5) is 0. The van der Waals surface area contributed by atoms with Crippen LogP contribution in [0.4, 0.5) is 0 Å². The Bertz CT molecular complexity index is 231. The van der Waals surface area contributed by atoms with Gasteiger partial charge in [0.1, 0.15) is 0 Å². The molecule has 2 heteroatoms. The first-order chi connectivity index (χ1) is 8.19. The minimum atomic E-state index is 0.807. The third-order valence-corrected chi connectivity index (χ3v) is 5.90. The molecule has 5 unspecified atom stereocenters. The molecule has 0 spiro atoms. The summed E-state index contributed by atoms with van der Waals surface area (Å²) in [5.41, 5.74) is 0. The van der Waals surface area contributed by atoms with Gasteiger partial charge in [0.25, 0.3) is 0 Å². The fourth-order valence-corrected chi connectivity index (χ4v) is 4.84. The van der Waals surface area contributed by atoms with Crippen LogP contribution in [0.25, 0.3) is 0 Å². The fourth-order valence-electron chi connectivity index (χ4n) is 3.69. The molecule has 0 heterocycles. The molecule has 0 aliphatic heterocycles. The highest BCUT2D eigenvalue weighted by atomic mass is 32.2. The lowest BCUT2D eigenvalue weighted by Crippen LogP contribution is -2.43. The van der Waals surface area contributed by atoms with Crippen LogP contribution in [0.1, 0.15) is 59.3 Å². The molecule has 1 N–H and O–H groups in total. The second-order valence-electron chi connectivity index (χ2n) is 6.26. The number of hydrogen-bond donors (Lipinski definition) is 1. The van der Waals surface area contributed by atoms with Gasteiger partial charge in [0.2, 0.25) is 0 Å². The van der Waals surface area contributed by atoms with Gasteiger partial charge in [0.05, 0.1) is 0 Å². The molecular weight excluding hydrogens is 226 g/mol. The van der Waals surface area contributed by atoms with Gasteiger partial charge in [0.15, 0.2) is 0 Å². The van der Waals surface area contributed by atoms with E-state index in [9.17, 15) is 0 Å². The highest BCUT2D eigenvalue weighted by Gasteiger charge is 2.30. The maximum Gasteiger partial charge on any atom is 0.00954 e. The van der Waals surface area contributed by atoms with Crippen molar-refractivity contribution in [2.75, 3.05) is 5.75 Å². The van der Waals surface area contributed by atoms with Gasteiger partial charge in [-0.25, -0.2) is 0 Å². The Morgan fingerprint density at radius 2 is 1.88 bits per heavy atom. The van der Waals surface area contributed by atoms with Crippen LogP contribution < -0.4 is 5.32 Å². The zero-order chi connectivity index (χ0) is 12.3. The monoisotopic (exact) mass is 255 g/mol. The van der Waals surface area contributed by atoms with E-state index in [1.165, 1.54) is 44.3 Å². The van der Waals surface area contributed by atoms with Crippen LogP contribution in [0.3, 0.4) is 0 Å². The van der Waals surface area contributed by atoms with Crippen molar-refractivity contribution in [2.45, 2.75) is 76.6 Å². The standard InChI is InChI=1S/C15H29NS/c1-4-17-14-7-6-13(10-14)16-15-8-5-11(2)9-12(15)3/h11-16H,4-10H2,1-3H3. The number of rotatable bonds is 4. The average molecular weight is 255 g/mol. The highest BCUT2D eigenvalue weighted by molar-refractivity contribution is 7.99. The van der Waals surface area contributed by atoms with Crippen LogP contribution in [0, 0.1) is 11.8 Å². The van der Waals surface area contributed by atoms with Gasteiger partial charge in [-0.15, -0.1) is 0 Å². The van der Waals surface area contributed by atoms with Gasteiger partial charge >= 0.3 is 0 Å². The second-order valence-corrected chi connectivity index (χ2v) is 7.83. The first-order valence-corrected chi connectivity index (χ1v) is 8.61. The summed E-state index contributed by atoms with van der Waals surface area (Å²) in [7, 11) is 0. The van der Waals surface area contributed by atoms with Crippen molar-refractivity contribution >= 4 is 11.8 Å². The van der Waals surface area contributed by atoms with Gasteiger partial charge in [0, 0.05) is 17.3 Å². The van der Waals surface area contributed by atoms with Crippen LogP contribution in [0.2, 0.25) is 0 Å². The minimum absolute atomic E-state index is 0.807. The Hall–Kier alpha value is 0.310. The Balaban J connectivity index is 1.74. The van der Waals surface area contributed by atoms with E-state index in [0.29, 0.717) is 0 Å². The van der Waals surface area contributed by atoms with Crippen molar-refractivity contribution in [1.29, 1.82) is 0 Å². The molecule has 0 aromatic heterocycles. The molecule has 0 amide bonds. The van der Waals surface area contributed by atoms with Crippen molar-refractivity contribution in [3.63, 3.8) is 0 Å². The maximum atomic E-state index is 3.96. The topological polar surface area (TPSA) is 12.0 Å². The third-order valence-electron chi connectivity index (χ3n) is 4.67. The summed E-state index contributed by atoms with van der Waals surface area (Å²) in [5.74, 6) is 3.13. The molecule has 2 rings (SSSR count). The zero-order valence-corrected chi connectivity index (χ0v) is 12.6. The molecule has 2 saturated carbocycles. The number of hydrogen-bond acceptors (Lipinski definition) is 2. The van der Waals surface area contributed by atoms with E-state index in [-0.39, 0.29) is 0 Å². The summed E-state index contributed by atoms with van der Waals surface area (Å²) < 4.78 is 0. The molecule has 0 radical (unpaired) electrons. The number of nitrogens with one attached hydrogen (secondary N) is 1. The molecule has 0 aromatic rings. The SMILES string of the molecule is CCSC1CCC(NC2CCC(C)CC2C)C1. The van der Waals surface area contributed by atoms with Gasteiger partial charge < -0.3 is 5.32 Å². The van der Waals surface area contributed by atoms with Crippen molar-refractivity contribution in [1.82, 2.24) is 5.32 Å². The molecule has 17 heavy (non-hydrogen) atoms. The minimum Gasteiger partial charge on any atom is -0.311 e. The van der Waals surface area contributed by atoms with E-state index in [1.54, 1.807) is 0 Å². The van der Waals surface area contributed by atoms with Gasteiger partial charge in [-0.2, -0.15) is 11.8 Å². The van der Waals surface area contributed by atoms with Gasteiger partial charge in [-0.3, -0.25) is 0 Å². The molecule has 0 bridgehead atoms. The molecule has 100 valence electrons. The Labute approximate surface area is 112 Å². The third kappa shape index (κ3) is 3.89. The lowest BCUT2D eigenvalue weighted by molar-refractivity contribution is 0.213. The van der Waals surface area contributed by atoms with E-state index in [0.717, 1.165) is 29.2 Å². The van der Waals surface area contributed by atoms with E-state index in [2.05, 4.69) is 37.8 Å². The maximum absolute atomic E-state index is 3.96. The largest absolute Gasteiger partial charge is 0.311 e. The van der Waals surface area contributed by atoms with Crippen LogP contribution >= 0.6 is 11.8 Å². The Morgan fingerprint density at radius 1 is 1.06 bits per heavy atom. The van der Waals surface area contributed by atoms with E-state index in [1.807, 2.05) is 0 Å². The first-order valence-electron chi connectivity index (χ1n) is 7.56. The predicted molar refractivity (Wildman–Crippen MR) is 78.7 cm³/mol. The Kier molecular flexibility index (Phi) is 5.23. The first kappa shape index (κ1) is 13.7. The quantitative estimate of drug-likeness (QED) is 0.812. The van der Waals surface area contributed by atoms with E-state index < -0.39 is 0 Å². The molecule has 0 aromatic carbocycles. The zero-order valence-electron chi connectivity index (χ0n) is 11.7. The highest BCUT2D eigenvalue weighted by Crippen LogP contribution is 2.33. The number of thioether (sulfide) groups is 1. The van der Waals surface area contributed by atoms with Crippen LogP contribution in [-0.2, 0) is 0 Å². The summed E-state index contributed by atoms with van der Waals surface area (Å²) in [6, 6.07) is 1.63. The van der Waals surface area contributed by atoms with Gasteiger partial charge in [-0.05, 0) is 56.1 Å². The van der Waals surface area contributed by atoms with Crippen LogP contribution in [-0.4, -0.2) is 23.1 Å². The summed E-state index contributed by atoms with van der Waals surface area (Å²) in [6.45, 7) is 7.15. The van der Waals surface area contributed by atoms with Crippen molar-refractivity contribution < 1.29 is 0 Å². The summed E-state index contributed by atoms with van der Waals surface area (Å²) in [5, 5.41) is 4.90.